The molecule has 0 bridgehead atoms. The van der Waals surface area contributed by atoms with Crippen molar-refractivity contribution in [3.05, 3.63) is 29.8 Å². The van der Waals surface area contributed by atoms with Gasteiger partial charge >= 0.3 is 0 Å². The van der Waals surface area contributed by atoms with Crippen LogP contribution in [0.3, 0.4) is 0 Å². The van der Waals surface area contributed by atoms with Crippen molar-refractivity contribution >= 4 is 32.7 Å². The monoisotopic (exact) mass is 396 g/mol. The van der Waals surface area contributed by atoms with Crippen LogP contribution in [0, 0.1) is 5.92 Å². The zero-order valence-electron chi connectivity index (χ0n) is 15.2. The van der Waals surface area contributed by atoms with E-state index >= 15 is 0 Å². The molecular formula is C18H24N2O4S2. The lowest BCUT2D eigenvalue weighted by molar-refractivity contribution is -0.121. The number of carbonyl (C=O) groups excluding carboxylic acids is 1. The van der Waals surface area contributed by atoms with Gasteiger partial charge in [-0.05, 0) is 24.1 Å². The van der Waals surface area contributed by atoms with E-state index in [1.54, 1.807) is 7.11 Å². The predicted octanol–water partition coefficient (Wildman–Crippen LogP) is 2.34. The summed E-state index contributed by atoms with van der Waals surface area (Å²) in [6.45, 7) is 4.35. The summed E-state index contributed by atoms with van der Waals surface area (Å²) in [7, 11) is -1.42. The summed E-state index contributed by atoms with van der Waals surface area (Å²) in [6, 6.07) is 7.53. The summed E-state index contributed by atoms with van der Waals surface area (Å²) < 4.78 is 29.3. The van der Waals surface area contributed by atoms with E-state index in [4.69, 9.17) is 4.74 Å². The SMILES string of the molecule is CC[C@@H](C)C(=O)N=C1S[C@H]2CS(=O)(=O)C[C@H]2N1Cc1ccc(OC)cc1. The number of amides is 1. The van der Waals surface area contributed by atoms with E-state index in [0.717, 1.165) is 17.7 Å². The molecule has 2 saturated heterocycles. The largest absolute Gasteiger partial charge is 0.497 e. The van der Waals surface area contributed by atoms with Crippen molar-refractivity contribution in [3.63, 3.8) is 0 Å². The molecule has 2 aliphatic rings. The van der Waals surface area contributed by atoms with Gasteiger partial charge < -0.3 is 9.64 Å². The molecule has 8 heteroatoms. The number of amidine groups is 1. The maximum atomic E-state index is 12.3. The van der Waals surface area contributed by atoms with E-state index in [-0.39, 0.29) is 34.6 Å². The Labute approximate surface area is 158 Å². The number of rotatable bonds is 5. The van der Waals surface area contributed by atoms with Crippen molar-refractivity contribution < 1.29 is 17.9 Å². The minimum Gasteiger partial charge on any atom is -0.497 e. The Balaban J connectivity index is 1.86. The molecule has 0 N–H and O–H groups in total. The molecule has 0 unspecified atom stereocenters. The summed E-state index contributed by atoms with van der Waals surface area (Å²) >= 11 is 1.43. The highest BCUT2D eigenvalue weighted by Gasteiger charge is 2.48. The van der Waals surface area contributed by atoms with Crippen LogP contribution < -0.4 is 4.74 Å². The zero-order chi connectivity index (χ0) is 18.9. The third-order valence-electron chi connectivity index (χ3n) is 4.93. The minimum atomic E-state index is -3.04. The normalized spacial score (nSPS) is 26.7. The molecule has 0 aromatic heterocycles. The molecule has 6 nitrogen and oxygen atoms in total. The Hall–Kier alpha value is -1.54. The van der Waals surface area contributed by atoms with Crippen LogP contribution in [0.1, 0.15) is 25.8 Å². The molecule has 1 aromatic rings. The summed E-state index contributed by atoms with van der Waals surface area (Å²) in [6.07, 6.45) is 0.736. The summed E-state index contributed by atoms with van der Waals surface area (Å²) in [5, 5.41) is 0.595. The Morgan fingerprint density at radius 3 is 2.65 bits per heavy atom. The Morgan fingerprint density at radius 2 is 2.04 bits per heavy atom. The van der Waals surface area contributed by atoms with Gasteiger partial charge in [0.25, 0.3) is 5.91 Å². The van der Waals surface area contributed by atoms with Crippen LogP contribution in [-0.4, -0.2) is 54.3 Å². The van der Waals surface area contributed by atoms with E-state index in [9.17, 15) is 13.2 Å². The number of carbonyl (C=O) groups is 1. The first-order chi connectivity index (χ1) is 12.3. The summed E-state index contributed by atoms with van der Waals surface area (Å²) in [4.78, 5) is 18.6. The van der Waals surface area contributed by atoms with E-state index in [1.165, 1.54) is 11.8 Å². The first-order valence-corrected chi connectivity index (χ1v) is 11.4. The number of benzene rings is 1. The van der Waals surface area contributed by atoms with E-state index in [0.29, 0.717) is 11.7 Å². The maximum absolute atomic E-state index is 12.3. The van der Waals surface area contributed by atoms with Crippen LogP contribution in [0.4, 0.5) is 0 Å². The van der Waals surface area contributed by atoms with Crippen molar-refractivity contribution in [2.75, 3.05) is 18.6 Å². The second-order valence-electron chi connectivity index (χ2n) is 6.82. The number of thioether (sulfide) groups is 1. The Bertz CT molecular complexity index is 805. The lowest BCUT2D eigenvalue weighted by Crippen LogP contribution is -2.37. The average Bonchev–Trinajstić information content (AvgIpc) is 3.07. The first kappa shape index (κ1) is 19.2. The van der Waals surface area contributed by atoms with Crippen LogP contribution in [0.5, 0.6) is 5.75 Å². The van der Waals surface area contributed by atoms with E-state index in [1.807, 2.05) is 43.0 Å². The lowest BCUT2D eigenvalue weighted by Gasteiger charge is -2.24. The number of nitrogens with zero attached hydrogens (tertiary/aromatic N) is 2. The number of sulfone groups is 1. The van der Waals surface area contributed by atoms with Gasteiger partial charge in [0.15, 0.2) is 15.0 Å². The highest BCUT2D eigenvalue weighted by atomic mass is 32.2. The average molecular weight is 397 g/mol. The molecule has 0 aliphatic carbocycles. The summed E-state index contributed by atoms with van der Waals surface area (Å²) in [5.74, 6) is 0.773. The van der Waals surface area contributed by atoms with Gasteiger partial charge in [-0.25, -0.2) is 8.42 Å². The van der Waals surface area contributed by atoms with Gasteiger partial charge in [-0.2, -0.15) is 4.99 Å². The molecule has 2 aliphatic heterocycles. The van der Waals surface area contributed by atoms with Crippen LogP contribution in [0.2, 0.25) is 0 Å². The summed E-state index contributed by atoms with van der Waals surface area (Å²) in [5.41, 5.74) is 1.03. The number of hydrogen-bond acceptors (Lipinski definition) is 5. The van der Waals surface area contributed by atoms with Gasteiger partial charge in [-0.3, -0.25) is 4.79 Å². The fraction of sp³-hybridized carbons (Fsp3) is 0.556. The van der Waals surface area contributed by atoms with Gasteiger partial charge in [-0.15, -0.1) is 0 Å². The standard InChI is InChI=1S/C18H24N2O4S2/c1-4-12(2)17(21)19-18-20(9-13-5-7-14(24-3)8-6-13)15-10-26(22,23)11-16(15)25-18/h5-8,12,15-16H,4,9-11H2,1-3H3/t12-,15-,16+/m1/s1. The molecule has 2 heterocycles. The minimum absolute atomic E-state index is 0.0540. The molecule has 1 amide bonds. The molecule has 1 aromatic carbocycles. The van der Waals surface area contributed by atoms with Crippen molar-refractivity contribution in [3.8, 4) is 5.75 Å². The molecule has 26 heavy (non-hydrogen) atoms. The number of hydrogen-bond donors (Lipinski definition) is 0. The van der Waals surface area contributed by atoms with Crippen LogP contribution >= 0.6 is 11.8 Å². The third-order valence-corrected chi connectivity index (χ3v) is 8.17. The maximum Gasteiger partial charge on any atom is 0.250 e. The Morgan fingerprint density at radius 1 is 1.35 bits per heavy atom. The van der Waals surface area contributed by atoms with Crippen molar-refractivity contribution in [1.82, 2.24) is 4.90 Å². The van der Waals surface area contributed by atoms with Gasteiger partial charge in [-0.1, -0.05) is 37.7 Å². The number of aliphatic imine (C=N–C) groups is 1. The van der Waals surface area contributed by atoms with Gasteiger partial charge in [0.1, 0.15) is 5.75 Å². The van der Waals surface area contributed by atoms with Crippen LogP contribution in [-0.2, 0) is 21.2 Å². The van der Waals surface area contributed by atoms with Crippen LogP contribution in [0.25, 0.3) is 0 Å². The highest BCUT2D eigenvalue weighted by molar-refractivity contribution is 8.15. The molecular weight excluding hydrogens is 372 g/mol. The highest BCUT2D eigenvalue weighted by Crippen LogP contribution is 2.39. The van der Waals surface area contributed by atoms with E-state index < -0.39 is 9.84 Å². The number of methoxy groups -OCH3 is 1. The molecule has 0 radical (unpaired) electrons. The molecule has 3 rings (SSSR count). The van der Waals surface area contributed by atoms with Crippen LogP contribution in [0.15, 0.2) is 29.3 Å². The fourth-order valence-electron chi connectivity index (χ4n) is 3.13. The smallest absolute Gasteiger partial charge is 0.250 e. The molecule has 142 valence electrons. The molecule has 0 saturated carbocycles. The number of fused-ring (bicyclic) bond motifs is 1. The second-order valence-corrected chi connectivity index (χ2v) is 10.2. The van der Waals surface area contributed by atoms with Crippen molar-refractivity contribution in [2.45, 2.75) is 38.1 Å². The zero-order valence-corrected chi connectivity index (χ0v) is 16.8. The van der Waals surface area contributed by atoms with Gasteiger partial charge in [0.2, 0.25) is 0 Å². The lowest BCUT2D eigenvalue weighted by atomic mass is 10.1. The topological polar surface area (TPSA) is 76.0 Å². The van der Waals surface area contributed by atoms with E-state index in [2.05, 4.69) is 4.99 Å². The fourth-order valence-corrected chi connectivity index (χ4v) is 7.08. The van der Waals surface area contributed by atoms with Crippen molar-refractivity contribution in [1.29, 1.82) is 0 Å². The van der Waals surface area contributed by atoms with Crippen molar-refractivity contribution in [2.24, 2.45) is 10.9 Å². The molecule has 0 spiro atoms. The molecule has 2 fully saturated rings. The number of ether oxygens (including phenoxy) is 1. The second kappa shape index (κ2) is 7.60. The van der Waals surface area contributed by atoms with Gasteiger partial charge in [0.05, 0.1) is 24.7 Å². The predicted molar refractivity (Wildman–Crippen MR) is 104 cm³/mol. The quantitative estimate of drug-likeness (QED) is 0.760. The molecule has 3 atom stereocenters. The first-order valence-electron chi connectivity index (χ1n) is 8.72. The Kier molecular flexibility index (Phi) is 5.62. The third kappa shape index (κ3) is 4.06. The van der Waals surface area contributed by atoms with Gasteiger partial charge in [0, 0.05) is 17.7 Å².